The van der Waals surface area contributed by atoms with E-state index in [2.05, 4.69) is 35.3 Å². The number of pyridine rings is 1. The van der Waals surface area contributed by atoms with E-state index in [4.69, 9.17) is 5.73 Å². The quantitative estimate of drug-likeness (QED) is 0.825. The summed E-state index contributed by atoms with van der Waals surface area (Å²) in [6.07, 6.45) is 8.76. The molecule has 0 radical (unpaired) electrons. The van der Waals surface area contributed by atoms with Gasteiger partial charge in [-0.1, -0.05) is 36.8 Å². The zero-order chi connectivity index (χ0) is 12.4. The summed E-state index contributed by atoms with van der Waals surface area (Å²) in [5.41, 5.74) is 9.83. The lowest BCUT2D eigenvalue weighted by Gasteiger charge is -2.09. The van der Waals surface area contributed by atoms with Gasteiger partial charge >= 0.3 is 0 Å². The van der Waals surface area contributed by atoms with Crippen LogP contribution in [0, 0.1) is 0 Å². The first-order valence-corrected chi connectivity index (χ1v) is 6.65. The van der Waals surface area contributed by atoms with Crippen LogP contribution in [0.15, 0.2) is 42.6 Å². The third-order valence-corrected chi connectivity index (χ3v) is 3.63. The Hall–Kier alpha value is -1.67. The van der Waals surface area contributed by atoms with Crippen LogP contribution in [0.3, 0.4) is 0 Å². The molecule has 0 saturated heterocycles. The van der Waals surface area contributed by atoms with Crippen molar-refractivity contribution in [1.82, 2.24) is 4.98 Å². The average Bonchev–Trinajstić information content (AvgIpc) is 2.63. The molecule has 0 fully saturated rings. The second-order valence-electron chi connectivity index (χ2n) is 4.98. The number of para-hydroxylation sites is 1. The molecule has 0 amide bonds. The zero-order valence-corrected chi connectivity index (χ0v) is 10.5. The van der Waals surface area contributed by atoms with Crippen LogP contribution in [0.2, 0.25) is 0 Å². The van der Waals surface area contributed by atoms with E-state index < -0.39 is 0 Å². The number of fused-ring (bicyclic) bond motifs is 1. The molecule has 0 spiro atoms. The highest BCUT2D eigenvalue weighted by Gasteiger charge is 2.12. The van der Waals surface area contributed by atoms with Crippen LogP contribution in [0.5, 0.6) is 0 Å². The van der Waals surface area contributed by atoms with E-state index in [1.165, 1.54) is 29.4 Å². The highest BCUT2D eigenvalue weighted by Crippen LogP contribution is 2.29. The summed E-state index contributed by atoms with van der Waals surface area (Å²) in [6.45, 7) is 0. The smallest absolute Gasteiger partial charge is 0.0776 e. The van der Waals surface area contributed by atoms with Gasteiger partial charge < -0.3 is 5.73 Å². The normalized spacial score (nSPS) is 20.5. The predicted octanol–water partition coefficient (Wildman–Crippen LogP) is 3.52. The number of nitrogens with two attached hydrogens (primary N) is 1. The average molecular weight is 238 g/mol. The number of hydrogen-bond donors (Lipinski definition) is 1. The first kappa shape index (κ1) is 11.4. The summed E-state index contributed by atoms with van der Waals surface area (Å²) in [6, 6.07) is 10.7. The van der Waals surface area contributed by atoms with E-state index in [-0.39, 0.29) is 6.04 Å². The summed E-state index contributed by atoms with van der Waals surface area (Å²) >= 11 is 0. The summed E-state index contributed by atoms with van der Waals surface area (Å²) in [4.78, 5) is 4.53. The molecule has 1 aliphatic rings. The van der Waals surface area contributed by atoms with Crippen LogP contribution in [-0.2, 0) is 0 Å². The fourth-order valence-electron chi connectivity index (χ4n) is 2.71. The Morgan fingerprint density at radius 3 is 2.94 bits per heavy atom. The number of aromatic nitrogens is 1. The third kappa shape index (κ3) is 2.16. The van der Waals surface area contributed by atoms with Crippen molar-refractivity contribution in [1.29, 1.82) is 0 Å². The van der Waals surface area contributed by atoms with E-state index in [0.717, 1.165) is 18.4 Å². The Balaban J connectivity index is 2.13. The Morgan fingerprint density at radius 1 is 1.11 bits per heavy atom. The minimum atomic E-state index is 0.196. The molecule has 1 aromatic heterocycles. The van der Waals surface area contributed by atoms with Crippen molar-refractivity contribution >= 4 is 16.5 Å². The number of rotatable bonds is 1. The van der Waals surface area contributed by atoms with Crippen molar-refractivity contribution in [2.75, 3.05) is 0 Å². The fraction of sp³-hybridized carbons (Fsp3) is 0.312. The van der Waals surface area contributed by atoms with Crippen molar-refractivity contribution in [3.05, 3.63) is 48.2 Å². The first-order valence-electron chi connectivity index (χ1n) is 6.65. The van der Waals surface area contributed by atoms with E-state index in [9.17, 15) is 0 Å². The van der Waals surface area contributed by atoms with Crippen molar-refractivity contribution < 1.29 is 0 Å². The molecule has 92 valence electrons. The summed E-state index contributed by atoms with van der Waals surface area (Å²) in [5.74, 6) is 0. The van der Waals surface area contributed by atoms with Crippen molar-refractivity contribution in [3.63, 3.8) is 0 Å². The molecule has 2 nitrogen and oxygen atoms in total. The van der Waals surface area contributed by atoms with Crippen LogP contribution in [0.25, 0.3) is 16.5 Å². The maximum absolute atomic E-state index is 6.11. The molecule has 1 unspecified atom stereocenters. The van der Waals surface area contributed by atoms with Crippen LogP contribution >= 0.6 is 0 Å². The molecule has 3 rings (SSSR count). The fourth-order valence-corrected chi connectivity index (χ4v) is 2.71. The number of allylic oxidation sites excluding steroid dienone is 1. The minimum Gasteiger partial charge on any atom is -0.324 e. The van der Waals surface area contributed by atoms with Crippen LogP contribution in [-0.4, -0.2) is 11.0 Å². The van der Waals surface area contributed by atoms with Gasteiger partial charge in [0.05, 0.1) is 5.52 Å². The monoisotopic (exact) mass is 238 g/mol. The molecular weight excluding hydrogens is 220 g/mol. The highest BCUT2D eigenvalue weighted by molar-refractivity contribution is 5.90. The van der Waals surface area contributed by atoms with Crippen LogP contribution in [0.1, 0.15) is 31.2 Å². The maximum atomic E-state index is 6.11. The number of benzene rings is 1. The standard InChI is InChI=1S/C16H18N2/c17-14-8-2-1-5-13(11-14)15-9-3-6-12-7-4-10-18-16(12)15/h3-4,6-7,9-11,14H,1-2,5,8,17H2. The van der Waals surface area contributed by atoms with Gasteiger partial charge in [-0.3, -0.25) is 4.98 Å². The predicted molar refractivity (Wildman–Crippen MR) is 76.2 cm³/mol. The molecule has 1 atom stereocenters. The van der Waals surface area contributed by atoms with Crippen LogP contribution < -0.4 is 5.73 Å². The van der Waals surface area contributed by atoms with Gasteiger partial charge in [-0.2, -0.15) is 0 Å². The van der Waals surface area contributed by atoms with Crippen molar-refractivity contribution in [2.24, 2.45) is 5.73 Å². The molecule has 0 saturated carbocycles. The first-order chi connectivity index (χ1) is 8.84. The van der Waals surface area contributed by atoms with E-state index in [1.807, 2.05) is 12.3 Å². The lowest BCUT2D eigenvalue weighted by atomic mass is 9.98. The van der Waals surface area contributed by atoms with Gasteiger partial charge in [0.15, 0.2) is 0 Å². The summed E-state index contributed by atoms with van der Waals surface area (Å²) < 4.78 is 0. The van der Waals surface area contributed by atoms with E-state index >= 15 is 0 Å². The molecule has 1 aliphatic carbocycles. The molecule has 0 bridgehead atoms. The van der Waals surface area contributed by atoms with E-state index in [0.29, 0.717) is 0 Å². The third-order valence-electron chi connectivity index (χ3n) is 3.63. The Labute approximate surface area is 108 Å². The highest BCUT2D eigenvalue weighted by atomic mass is 14.7. The lowest BCUT2D eigenvalue weighted by Crippen LogP contribution is -2.15. The number of nitrogens with zero attached hydrogens (tertiary/aromatic N) is 1. The SMILES string of the molecule is NC1C=C(c2cccc3cccnc23)CCCC1. The Morgan fingerprint density at radius 2 is 2.00 bits per heavy atom. The largest absolute Gasteiger partial charge is 0.324 e. The Bertz CT molecular complexity index is 581. The second-order valence-corrected chi connectivity index (χ2v) is 4.98. The van der Waals surface area contributed by atoms with Gasteiger partial charge in [-0.25, -0.2) is 0 Å². The minimum absolute atomic E-state index is 0.196. The molecule has 18 heavy (non-hydrogen) atoms. The molecule has 0 aliphatic heterocycles. The van der Waals surface area contributed by atoms with Crippen molar-refractivity contribution in [2.45, 2.75) is 31.7 Å². The van der Waals surface area contributed by atoms with Gasteiger partial charge in [0.2, 0.25) is 0 Å². The van der Waals surface area contributed by atoms with Gasteiger partial charge in [0.25, 0.3) is 0 Å². The van der Waals surface area contributed by atoms with Gasteiger partial charge in [-0.15, -0.1) is 0 Å². The van der Waals surface area contributed by atoms with Crippen molar-refractivity contribution in [3.8, 4) is 0 Å². The molecule has 1 heterocycles. The van der Waals surface area contributed by atoms with Gasteiger partial charge in [0, 0.05) is 23.2 Å². The summed E-state index contributed by atoms with van der Waals surface area (Å²) in [7, 11) is 0. The second kappa shape index (κ2) is 4.91. The van der Waals surface area contributed by atoms with Gasteiger partial charge in [0.1, 0.15) is 0 Å². The van der Waals surface area contributed by atoms with E-state index in [1.54, 1.807) is 0 Å². The van der Waals surface area contributed by atoms with Crippen LogP contribution in [0.4, 0.5) is 0 Å². The van der Waals surface area contributed by atoms with Gasteiger partial charge in [-0.05, 0) is 30.9 Å². The topological polar surface area (TPSA) is 38.9 Å². The zero-order valence-electron chi connectivity index (χ0n) is 10.5. The molecular formula is C16H18N2. The molecule has 2 heteroatoms. The Kier molecular flexibility index (Phi) is 3.11. The maximum Gasteiger partial charge on any atom is 0.0776 e. The summed E-state index contributed by atoms with van der Waals surface area (Å²) in [5, 5.41) is 1.20. The molecule has 2 aromatic rings. The molecule has 2 N–H and O–H groups in total. The molecule has 1 aromatic carbocycles. The lowest BCUT2D eigenvalue weighted by molar-refractivity contribution is 0.658. The number of hydrogen-bond acceptors (Lipinski definition) is 2.